The summed E-state index contributed by atoms with van der Waals surface area (Å²) in [7, 11) is 1.51. The summed E-state index contributed by atoms with van der Waals surface area (Å²) in [5.41, 5.74) is 0. The molecule has 0 aliphatic rings. The number of phosphoric acid groups is 1. The Morgan fingerprint density at radius 2 is 1.17 bits per heavy atom. The molecule has 0 aliphatic carbocycles. The molecule has 0 aromatic heterocycles. The van der Waals surface area contributed by atoms with Crippen LogP contribution < -0.4 is 5.32 Å². The number of rotatable bonds is 38. The van der Waals surface area contributed by atoms with Crippen molar-refractivity contribution in [2.75, 3.05) is 40.9 Å². The average molecular weight is 770 g/mol. The van der Waals surface area contributed by atoms with Gasteiger partial charge in [-0.15, -0.1) is 0 Å². The third-order valence-electron chi connectivity index (χ3n) is 9.33. The average Bonchev–Trinajstić information content (AvgIpc) is 3.10. The molecule has 0 fully saturated rings. The highest BCUT2D eigenvalue weighted by Gasteiger charge is 2.27. The lowest BCUT2D eigenvalue weighted by Crippen LogP contribution is -2.45. The lowest BCUT2D eigenvalue weighted by Gasteiger charge is -2.25. The van der Waals surface area contributed by atoms with Crippen LogP contribution in [0.4, 0.5) is 0 Å². The van der Waals surface area contributed by atoms with Gasteiger partial charge in [0.15, 0.2) is 5.78 Å². The first kappa shape index (κ1) is 51.4. The molecular weight excluding hydrogens is 687 g/mol. The maximum Gasteiger partial charge on any atom is 0.472 e. The van der Waals surface area contributed by atoms with Crippen molar-refractivity contribution in [3.05, 3.63) is 36.5 Å². The van der Waals surface area contributed by atoms with Gasteiger partial charge < -0.3 is 19.8 Å². The van der Waals surface area contributed by atoms with Gasteiger partial charge in [-0.05, 0) is 44.6 Å². The largest absolute Gasteiger partial charge is 0.472 e. The number of quaternary nitrogens is 1. The normalized spacial score (nSPS) is 14.7. The van der Waals surface area contributed by atoms with E-state index < -0.39 is 20.0 Å². The maximum atomic E-state index is 12.8. The van der Waals surface area contributed by atoms with E-state index in [0.717, 1.165) is 77.0 Å². The number of amides is 1. The van der Waals surface area contributed by atoms with Gasteiger partial charge in [-0.3, -0.25) is 18.6 Å². The standard InChI is InChI=1S/C43H81N2O7P/c1-6-8-10-11-12-13-14-15-16-17-18-21-24-27-31-35-42(47)41(39-52-53(49,50)51-38-37-45(3,4)5)44-43(48)36-32-28-25-22-19-20-23-26-30-34-40(46)33-29-9-7-2/h23,26,30-31,34-35,41-42,47H,6-22,24-25,27-29,32-33,36-39H2,1-5H3,(H-,44,48,49,50)/p+1/b26-23-,34-30+,35-31+/t41-,42+/m0/s1. The highest BCUT2D eigenvalue weighted by Crippen LogP contribution is 2.43. The van der Waals surface area contributed by atoms with E-state index in [1.54, 1.807) is 12.2 Å². The molecule has 0 aliphatic heterocycles. The minimum absolute atomic E-state index is 0.0451. The third-order valence-corrected chi connectivity index (χ3v) is 10.3. The predicted molar refractivity (Wildman–Crippen MR) is 222 cm³/mol. The summed E-state index contributed by atoms with van der Waals surface area (Å²) in [6, 6.07) is -0.875. The summed E-state index contributed by atoms with van der Waals surface area (Å²) >= 11 is 0. The van der Waals surface area contributed by atoms with E-state index in [1.165, 1.54) is 70.6 Å². The first-order chi connectivity index (χ1) is 25.4. The minimum atomic E-state index is -4.35. The van der Waals surface area contributed by atoms with Crippen LogP contribution in [0.15, 0.2) is 36.5 Å². The number of likely N-dealkylation sites (N-methyl/N-ethyl adjacent to an activating group) is 1. The fraction of sp³-hybridized carbons (Fsp3) is 0.814. The van der Waals surface area contributed by atoms with Crippen molar-refractivity contribution in [2.24, 2.45) is 0 Å². The second kappa shape index (κ2) is 34.8. The molecule has 1 amide bonds. The van der Waals surface area contributed by atoms with Crippen molar-refractivity contribution in [3.63, 3.8) is 0 Å². The zero-order valence-electron chi connectivity index (χ0n) is 34.7. The molecule has 10 heteroatoms. The molecule has 0 saturated heterocycles. The predicted octanol–water partition coefficient (Wildman–Crippen LogP) is 10.7. The van der Waals surface area contributed by atoms with Gasteiger partial charge in [0.1, 0.15) is 13.2 Å². The molecule has 310 valence electrons. The molecule has 0 bridgehead atoms. The number of nitrogens with one attached hydrogen (secondary N) is 1. The zero-order valence-corrected chi connectivity index (χ0v) is 35.6. The van der Waals surface area contributed by atoms with Crippen LogP contribution in [0, 0.1) is 0 Å². The number of hydrogen-bond acceptors (Lipinski definition) is 6. The number of unbranched alkanes of at least 4 members (excludes halogenated alkanes) is 20. The number of aliphatic hydroxyl groups excluding tert-OH is 1. The Kier molecular flexibility index (Phi) is 33.8. The Labute approximate surface area is 325 Å². The summed E-state index contributed by atoms with van der Waals surface area (Å²) in [5, 5.41) is 13.8. The summed E-state index contributed by atoms with van der Waals surface area (Å²) in [6.45, 7) is 4.61. The fourth-order valence-corrected chi connectivity index (χ4v) is 6.58. The molecule has 0 heterocycles. The van der Waals surface area contributed by atoms with Crippen LogP contribution in [-0.4, -0.2) is 79.2 Å². The van der Waals surface area contributed by atoms with Crippen LogP contribution in [0.5, 0.6) is 0 Å². The van der Waals surface area contributed by atoms with Gasteiger partial charge in [-0.25, -0.2) is 4.57 Å². The Hall–Kier alpha value is -1.61. The Morgan fingerprint density at radius 3 is 1.74 bits per heavy atom. The highest BCUT2D eigenvalue weighted by molar-refractivity contribution is 7.47. The number of carbonyl (C=O) groups excluding carboxylic acids is 2. The minimum Gasteiger partial charge on any atom is -0.387 e. The van der Waals surface area contributed by atoms with Crippen LogP contribution in [0.2, 0.25) is 0 Å². The van der Waals surface area contributed by atoms with Crippen molar-refractivity contribution < 1.29 is 37.7 Å². The lowest BCUT2D eigenvalue weighted by molar-refractivity contribution is -0.870. The van der Waals surface area contributed by atoms with Crippen LogP contribution in [-0.2, 0) is 23.2 Å². The van der Waals surface area contributed by atoms with Gasteiger partial charge in [0.2, 0.25) is 5.91 Å². The fourth-order valence-electron chi connectivity index (χ4n) is 5.84. The van der Waals surface area contributed by atoms with Crippen molar-refractivity contribution in [1.82, 2.24) is 5.32 Å². The molecule has 0 aromatic rings. The lowest BCUT2D eigenvalue weighted by atomic mass is 10.0. The number of hydrogen-bond donors (Lipinski definition) is 3. The molecule has 3 N–H and O–H groups in total. The molecule has 3 atom stereocenters. The van der Waals surface area contributed by atoms with Crippen LogP contribution >= 0.6 is 7.82 Å². The number of carbonyl (C=O) groups is 2. The highest BCUT2D eigenvalue weighted by atomic mass is 31.2. The van der Waals surface area contributed by atoms with Crippen molar-refractivity contribution in [2.45, 2.75) is 187 Å². The molecule has 1 unspecified atom stereocenters. The SMILES string of the molecule is CCCCCCCCCCCCCCC/C=C/[C@@H](O)[C@H](COP(=O)(O)OCC[N+](C)(C)C)NC(=O)CCCCCCC/C=C\C=C\C(=O)CCCCC. The van der Waals surface area contributed by atoms with E-state index in [9.17, 15) is 24.2 Å². The summed E-state index contributed by atoms with van der Waals surface area (Å²) in [6.07, 6.45) is 37.5. The quantitative estimate of drug-likeness (QED) is 0.0143. The summed E-state index contributed by atoms with van der Waals surface area (Å²) in [4.78, 5) is 34.8. The van der Waals surface area contributed by atoms with E-state index in [0.29, 0.717) is 23.9 Å². The number of phosphoric ester groups is 1. The number of ketones is 1. The zero-order chi connectivity index (χ0) is 39.5. The van der Waals surface area contributed by atoms with Crippen molar-refractivity contribution in [1.29, 1.82) is 0 Å². The second-order valence-corrected chi connectivity index (χ2v) is 17.2. The van der Waals surface area contributed by atoms with Crippen molar-refractivity contribution >= 4 is 19.5 Å². The van der Waals surface area contributed by atoms with E-state index in [4.69, 9.17) is 9.05 Å². The molecule has 0 saturated carbocycles. The smallest absolute Gasteiger partial charge is 0.387 e. The molecule has 0 spiro atoms. The van der Waals surface area contributed by atoms with E-state index >= 15 is 0 Å². The number of allylic oxidation sites excluding steroid dienone is 5. The molecule has 9 nitrogen and oxygen atoms in total. The van der Waals surface area contributed by atoms with Gasteiger partial charge in [0.05, 0.1) is 39.9 Å². The molecule has 53 heavy (non-hydrogen) atoms. The Morgan fingerprint density at radius 1 is 0.679 bits per heavy atom. The van der Waals surface area contributed by atoms with Crippen molar-refractivity contribution in [3.8, 4) is 0 Å². The Balaban J connectivity index is 4.54. The topological polar surface area (TPSA) is 122 Å². The summed E-state index contributed by atoms with van der Waals surface area (Å²) < 4.78 is 23.5. The molecule has 0 radical (unpaired) electrons. The number of nitrogens with zero attached hydrogens (tertiary/aromatic N) is 1. The van der Waals surface area contributed by atoms with E-state index in [2.05, 4.69) is 25.2 Å². The van der Waals surface area contributed by atoms with Gasteiger partial charge in [0.25, 0.3) is 0 Å². The number of aliphatic hydroxyl groups is 1. The first-order valence-corrected chi connectivity index (χ1v) is 22.8. The van der Waals surface area contributed by atoms with Gasteiger partial charge >= 0.3 is 7.82 Å². The maximum absolute atomic E-state index is 12.8. The third kappa shape index (κ3) is 37.1. The van der Waals surface area contributed by atoms with Gasteiger partial charge in [0, 0.05) is 12.8 Å². The first-order valence-electron chi connectivity index (χ1n) is 21.3. The molecular formula is C43H82N2O7P+. The molecule has 0 aromatic carbocycles. The monoisotopic (exact) mass is 770 g/mol. The van der Waals surface area contributed by atoms with Gasteiger partial charge in [-0.1, -0.05) is 153 Å². The van der Waals surface area contributed by atoms with E-state index in [-0.39, 0.29) is 24.9 Å². The Bertz CT molecular complexity index is 1020. The van der Waals surface area contributed by atoms with Crippen LogP contribution in [0.25, 0.3) is 0 Å². The summed E-state index contributed by atoms with van der Waals surface area (Å²) in [5.74, 6) is -0.0362. The van der Waals surface area contributed by atoms with Gasteiger partial charge in [-0.2, -0.15) is 0 Å². The van der Waals surface area contributed by atoms with Crippen LogP contribution in [0.1, 0.15) is 174 Å². The van der Waals surface area contributed by atoms with Crippen LogP contribution in [0.3, 0.4) is 0 Å². The van der Waals surface area contributed by atoms with E-state index in [1.807, 2.05) is 39.4 Å². The molecule has 0 rings (SSSR count). The second-order valence-electron chi connectivity index (χ2n) is 15.8.